The van der Waals surface area contributed by atoms with Gasteiger partial charge in [-0.1, -0.05) is 27.7 Å². The standard InChI is InChI=1S/C16H11Cl2N5O2S/c17-9-5-10(18)7-13(6-9)21-16(25)20-12-3-1-11(2-4-12)19-15(24)14-8-26-23-22-14/h1-8H,(H,19,24)(H2,20,21,25). The van der Waals surface area contributed by atoms with Crippen LogP contribution in [0.3, 0.4) is 0 Å². The molecule has 3 N–H and O–H groups in total. The summed E-state index contributed by atoms with van der Waals surface area (Å²) in [6, 6.07) is 10.9. The molecule has 7 nitrogen and oxygen atoms in total. The van der Waals surface area contributed by atoms with Gasteiger partial charge in [-0.15, -0.1) is 5.10 Å². The number of urea groups is 1. The van der Waals surface area contributed by atoms with Crippen molar-refractivity contribution in [1.29, 1.82) is 0 Å². The molecule has 26 heavy (non-hydrogen) atoms. The zero-order chi connectivity index (χ0) is 18.5. The maximum Gasteiger partial charge on any atom is 0.323 e. The number of rotatable bonds is 4. The van der Waals surface area contributed by atoms with Crippen LogP contribution in [0.5, 0.6) is 0 Å². The van der Waals surface area contributed by atoms with E-state index in [2.05, 4.69) is 25.5 Å². The van der Waals surface area contributed by atoms with Crippen molar-refractivity contribution in [3.05, 3.63) is 63.6 Å². The quantitative estimate of drug-likeness (QED) is 0.581. The second kappa shape index (κ2) is 8.13. The average Bonchev–Trinajstić information content (AvgIpc) is 3.10. The fraction of sp³-hybridized carbons (Fsp3) is 0. The van der Waals surface area contributed by atoms with Crippen molar-refractivity contribution in [2.75, 3.05) is 16.0 Å². The molecule has 3 aromatic rings. The Morgan fingerprint density at radius 2 is 1.42 bits per heavy atom. The summed E-state index contributed by atoms with van der Waals surface area (Å²) < 4.78 is 3.64. The number of nitrogens with one attached hydrogen (secondary N) is 3. The van der Waals surface area contributed by atoms with Gasteiger partial charge in [-0.05, 0) is 54.0 Å². The van der Waals surface area contributed by atoms with Crippen molar-refractivity contribution in [2.24, 2.45) is 0 Å². The summed E-state index contributed by atoms with van der Waals surface area (Å²) in [5.41, 5.74) is 1.83. The van der Waals surface area contributed by atoms with E-state index in [0.717, 1.165) is 11.5 Å². The van der Waals surface area contributed by atoms with Crippen molar-refractivity contribution < 1.29 is 9.59 Å². The van der Waals surface area contributed by atoms with Crippen LogP contribution in [-0.4, -0.2) is 21.5 Å². The van der Waals surface area contributed by atoms with Crippen LogP contribution >= 0.6 is 34.7 Å². The monoisotopic (exact) mass is 407 g/mol. The van der Waals surface area contributed by atoms with E-state index in [9.17, 15) is 9.59 Å². The second-order valence-electron chi connectivity index (χ2n) is 5.06. The second-order valence-corrected chi connectivity index (χ2v) is 6.54. The van der Waals surface area contributed by atoms with Crippen LogP contribution in [-0.2, 0) is 0 Å². The van der Waals surface area contributed by atoms with E-state index in [1.807, 2.05) is 0 Å². The van der Waals surface area contributed by atoms with E-state index < -0.39 is 6.03 Å². The number of halogens is 2. The Hall–Kier alpha value is -2.68. The lowest BCUT2D eigenvalue weighted by Crippen LogP contribution is -2.19. The van der Waals surface area contributed by atoms with Crippen LogP contribution in [0.2, 0.25) is 10.0 Å². The summed E-state index contributed by atoms with van der Waals surface area (Å²) in [7, 11) is 0. The lowest BCUT2D eigenvalue weighted by atomic mass is 10.2. The SMILES string of the molecule is O=C(Nc1ccc(NC(=O)c2csnn2)cc1)Nc1cc(Cl)cc(Cl)c1. The van der Waals surface area contributed by atoms with Crippen molar-refractivity contribution in [1.82, 2.24) is 9.59 Å². The normalized spacial score (nSPS) is 10.2. The maximum absolute atomic E-state index is 12.0. The Morgan fingerprint density at radius 1 is 0.846 bits per heavy atom. The number of carbonyl (C=O) groups excluding carboxylic acids is 2. The van der Waals surface area contributed by atoms with Crippen molar-refractivity contribution in [3.8, 4) is 0 Å². The molecule has 2 aromatic carbocycles. The maximum atomic E-state index is 12.0. The molecule has 0 aliphatic heterocycles. The Labute approximate surface area is 162 Å². The average molecular weight is 408 g/mol. The number of anilines is 3. The van der Waals surface area contributed by atoms with Crippen molar-refractivity contribution >= 4 is 63.7 Å². The summed E-state index contributed by atoms with van der Waals surface area (Å²) >= 11 is 12.9. The minimum atomic E-state index is -0.450. The van der Waals surface area contributed by atoms with E-state index in [0.29, 0.717) is 27.1 Å². The van der Waals surface area contributed by atoms with Gasteiger partial charge in [0.25, 0.3) is 5.91 Å². The van der Waals surface area contributed by atoms with Crippen LogP contribution in [0.25, 0.3) is 0 Å². The van der Waals surface area contributed by atoms with Gasteiger partial charge >= 0.3 is 6.03 Å². The number of hydrogen-bond acceptors (Lipinski definition) is 5. The molecule has 3 rings (SSSR count). The number of nitrogens with zero attached hydrogens (tertiary/aromatic N) is 2. The zero-order valence-electron chi connectivity index (χ0n) is 13.0. The highest BCUT2D eigenvalue weighted by Crippen LogP contribution is 2.22. The van der Waals surface area contributed by atoms with Gasteiger partial charge in [0, 0.05) is 32.5 Å². The smallest absolute Gasteiger partial charge is 0.321 e. The topological polar surface area (TPSA) is 96.0 Å². The lowest BCUT2D eigenvalue weighted by Gasteiger charge is -2.09. The number of benzene rings is 2. The van der Waals surface area contributed by atoms with Gasteiger partial charge in [0.05, 0.1) is 0 Å². The van der Waals surface area contributed by atoms with Crippen LogP contribution in [0.4, 0.5) is 21.9 Å². The summed E-state index contributed by atoms with van der Waals surface area (Å²) in [5.74, 6) is -0.352. The van der Waals surface area contributed by atoms with Crippen LogP contribution in [0.1, 0.15) is 10.5 Å². The predicted octanol–water partition coefficient (Wildman–Crippen LogP) is 4.74. The molecule has 3 amide bonds. The van der Waals surface area contributed by atoms with Gasteiger partial charge in [0.15, 0.2) is 5.69 Å². The highest BCUT2D eigenvalue weighted by atomic mass is 35.5. The Morgan fingerprint density at radius 3 is 2.00 bits per heavy atom. The van der Waals surface area contributed by atoms with Gasteiger partial charge in [0.2, 0.25) is 0 Å². The summed E-state index contributed by atoms with van der Waals surface area (Å²) in [5, 5.41) is 14.1. The zero-order valence-corrected chi connectivity index (χ0v) is 15.3. The lowest BCUT2D eigenvalue weighted by molar-refractivity contribution is 0.102. The molecule has 0 unspecified atom stereocenters. The molecule has 132 valence electrons. The molecule has 1 heterocycles. The van der Waals surface area contributed by atoms with E-state index >= 15 is 0 Å². The van der Waals surface area contributed by atoms with Crippen LogP contribution in [0.15, 0.2) is 47.8 Å². The Kier molecular flexibility index (Phi) is 5.67. The minimum absolute atomic E-state index is 0.247. The van der Waals surface area contributed by atoms with Gasteiger partial charge in [0.1, 0.15) is 0 Å². The minimum Gasteiger partial charge on any atom is -0.321 e. The number of aromatic nitrogens is 2. The molecule has 0 atom stereocenters. The first-order valence-electron chi connectivity index (χ1n) is 7.22. The van der Waals surface area contributed by atoms with Gasteiger partial charge < -0.3 is 16.0 Å². The number of carbonyl (C=O) groups is 2. The number of hydrogen-bond donors (Lipinski definition) is 3. The van der Waals surface area contributed by atoms with Crippen LogP contribution < -0.4 is 16.0 Å². The fourth-order valence-electron chi connectivity index (χ4n) is 2.02. The largest absolute Gasteiger partial charge is 0.323 e. The molecule has 0 saturated carbocycles. The molecule has 10 heteroatoms. The van der Waals surface area contributed by atoms with E-state index in [4.69, 9.17) is 23.2 Å². The Bertz CT molecular complexity index is 912. The summed E-state index contributed by atoms with van der Waals surface area (Å²) in [6.07, 6.45) is 0. The highest BCUT2D eigenvalue weighted by Gasteiger charge is 2.09. The van der Waals surface area contributed by atoms with Gasteiger partial charge in [-0.2, -0.15) is 0 Å². The molecule has 0 radical (unpaired) electrons. The third kappa shape index (κ3) is 4.92. The van der Waals surface area contributed by atoms with Crippen LogP contribution in [0, 0.1) is 0 Å². The first-order valence-corrected chi connectivity index (χ1v) is 8.81. The van der Waals surface area contributed by atoms with Gasteiger partial charge in [-0.25, -0.2) is 4.79 Å². The molecule has 1 aromatic heterocycles. The molecule has 0 fully saturated rings. The molecule has 0 aliphatic rings. The van der Waals surface area contributed by atoms with E-state index in [1.165, 1.54) is 0 Å². The first kappa shape index (κ1) is 18.1. The molecular formula is C16H11Cl2N5O2S. The molecule has 0 aliphatic carbocycles. The van der Waals surface area contributed by atoms with E-state index in [1.54, 1.807) is 47.8 Å². The first-order chi connectivity index (χ1) is 12.5. The van der Waals surface area contributed by atoms with Crippen molar-refractivity contribution in [2.45, 2.75) is 0 Å². The molecule has 0 spiro atoms. The summed E-state index contributed by atoms with van der Waals surface area (Å²) in [4.78, 5) is 23.9. The fourth-order valence-corrected chi connectivity index (χ4v) is 2.98. The number of amides is 3. The molecule has 0 bridgehead atoms. The molecular weight excluding hydrogens is 397 g/mol. The van der Waals surface area contributed by atoms with Crippen molar-refractivity contribution in [3.63, 3.8) is 0 Å². The third-order valence-corrected chi connectivity index (χ3v) is 4.05. The predicted molar refractivity (Wildman–Crippen MR) is 103 cm³/mol. The highest BCUT2D eigenvalue weighted by molar-refractivity contribution is 7.03. The van der Waals surface area contributed by atoms with Gasteiger partial charge in [-0.3, -0.25) is 4.79 Å². The molecule has 0 saturated heterocycles. The third-order valence-electron chi connectivity index (χ3n) is 3.11. The van der Waals surface area contributed by atoms with E-state index in [-0.39, 0.29) is 11.6 Å². The Balaban J connectivity index is 1.58. The summed E-state index contributed by atoms with van der Waals surface area (Å²) in [6.45, 7) is 0.